The van der Waals surface area contributed by atoms with Gasteiger partial charge in [0.25, 0.3) is 0 Å². The molecule has 0 aliphatic heterocycles. The zero-order valence-corrected chi connectivity index (χ0v) is 38.1. The lowest BCUT2D eigenvalue weighted by Gasteiger charge is -2.20. The van der Waals surface area contributed by atoms with E-state index in [2.05, 4.69) is 31.3 Å². The van der Waals surface area contributed by atoms with Crippen molar-refractivity contribution in [3.63, 3.8) is 0 Å². The number of nitrogens with one attached hydrogen (secondary N) is 1. The summed E-state index contributed by atoms with van der Waals surface area (Å²) in [6, 6.07) is -0.638. The van der Waals surface area contributed by atoms with Crippen molar-refractivity contribution in [2.24, 2.45) is 0 Å². The SMILES string of the molecule is CCCCCCCCC/C=C\CCCCCCCC(=O)OCCCCCCCCCCCCCCC(=O)NC(CO)C(O)/C=C/CCCCCCCCCCCC. The van der Waals surface area contributed by atoms with Gasteiger partial charge in [0.1, 0.15) is 0 Å². The second-order valence-electron chi connectivity index (χ2n) is 17.1. The summed E-state index contributed by atoms with van der Waals surface area (Å²) in [5.74, 6) is -0.104. The quantitative estimate of drug-likeness (QED) is 0.0324. The van der Waals surface area contributed by atoms with Gasteiger partial charge in [0.2, 0.25) is 5.91 Å². The Balaban J connectivity index is 3.48. The fourth-order valence-electron chi connectivity index (χ4n) is 7.57. The first-order chi connectivity index (χ1) is 28.0. The van der Waals surface area contributed by atoms with Gasteiger partial charge in [0, 0.05) is 12.8 Å². The lowest BCUT2D eigenvalue weighted by atomic mass is 10.0. The summed E-state index contributed by atoms with van der Waals surface area (Å²) in [4.78, 5) is 24.4. The Hall–Kier alpha value is -1.66. The summed E-state index contributed by atoms with van der Waals surface area (Å²) >= 11 is 0. The van der Waals surface area contributed by atoms with Crippen LogP contribution in [0.5, 0.6) is 0 Å². The van der Waals surface area contributed by atoms with Crippen LogP contribution in [-0.2, 0) is 14.3 Å². The predicted molar refractivity (Wildman–Crippen MR) is 246 cm³/mol. The van der Waals surface area contributed by atoms with Gasteiger partial charge in [-0.15, -0.1) is 0 Å². The molecule has 0 fully saturated rings. The molecule has 3 N–H and O–H groups in total. The molecule has 0 bridgehead atoms. The minimum atomic E-state index is -0.853. The van der Waals surface area contributed by atoms with E-state index in [1.807, 2.05) is 6.08 Å². The Morgan fingerprint density at radius 2 is 0.825 bits per heavy atom. The molecule has 6 heteroatoms. The van der Waals surface area contributed by atoms with Crippen molar-refractivity contribution in [1.29, 1.82) is 0 Å². The number of aliphatic hydroxyl groups is 2. The van der Waals surface area contributed by atoms with Gasteiger partial charge in [-0.2, -0.15) is 0 Å². The van der Waals surface area contributed by atoms with Gasteiger partial charge < -0.3 is 20.3 Å². The van der Waals surface area contributed by atoms with Crippen molar-refractivity contribution in [3.05, 3.63) is 24.3 Å². The van der Waals surface area contributed by atoms with Crippen molar-refractivity contribution < 1.29 is 24.5 Å². The van der Waals surface area contributed by atoms with Gasteiger partial charge in [-0.1, -0.05) is 218 Å². The van der Waals surface area contributed by atoms with Gasteiger partial charge in [-0.25, -0.2) is 0 Å². The number of carbonyl (C=O) groups is 2. The van der Waals surface area contributed by atoms with Crippen molar-refractivity contribution in [2.45, 2.75) is 276 Å². The Labute approximate surface area is 354 Å². The van der Waals surface area contributed by atoms with E-state index in [1.165, 1.54) is 180 Å². The third-order valence-electron chi connectivity index (χ3n) is 11.5. The molecule has 0 radical (unpaired) electrons. The normalized spacial score (nSPS) is 12.8. The van der Waals surface area contributed by atoms with Crippen LogP contribution in [0.25, 0.3) is 0 Å². The summed E-state index contributed by atoms with van der Waals surface area (Å²) in [7, 11) is 0. The van der Waals surface area contributed by atoms with Crippen molar-refractivity contribution in [1.82, 2.24) is 5.32 Å². The summed E-state index contributed by atoms with van der Waals surface area (Å²) in [5.41, 5.74) is 0. The smallest absolute Gasteiger partial charge is 0.305 e. The van der Waals surface area contributed by atoms with Gasteiger partial charge in [0.15, 0.2) is 0 Å². The zero-order valence-electron chi connectivity index (χ0n) is 38.1. The highest BCUT2D eigenvalue weighted by molar-refractivity contribution is 5.76. The molecular weight excluding hydrogens is 707 g/mol. The summed E-state index contributed by atoms with van der Waals surface area (Å²) in [6.45, 7) is 4.85. The predicted octanol–water partition coefficient (Wildman–Crippen LogP) is 14.7. The van der Waals surface area contributed by atoms with E-state index in [0.29, 0.717) is 19.4 Å². The summed E-state index contributed by atoms with van der Waals surface area (Å²) < 4.78 is 5.46. The Bertz CT molecular complexity index is 889. The van der Waals surface area contributed by atoms with Crippen LogP contribution in [0.3, 0.4) is 0 Å². The summed E-state index contributed by atoms with van der Waals surface area (Å²) in [5, 5.41) is 23.0. The number of esters is 1. The van der Waals surface area contributed by atoms with Gasteiger partial charge in [-0.3, -0.25) is 9.59 Å². The van der Waals surface area contributed by atoms with Crippen LogP contribution in [0.1, 0.15) is 264 Å². The van der Waals surface area contributed by atoms with E-state index in [0.717, 1.165) is 57.8 Å². The molecule has 0 saturated carbocycles. The molecule has 57 heavy (non-hydrogen) atoms. The Morgan fingerprint density at radius 1 is 0.474 bits per heavy atom. The van der Waals surface area contributed by atoms with Crippen LogP contribution in [0.15, 0.2) is 24.3 Å². The molecule has 0 aliphatic carbocycles. The highest BCUT2D eigenvalue weighted by Gasteiger charge is 2.18. The topological polar surface area (TPSA) is 95.9 Å². The molecule has 0 heterocycles. The fourth-order valence-corrected chi connectivity index (χ4v) is 7.57. The lowest BCUT2D eigenvalue weighted by molar-refractivity contribution is -0.143. The molecule has 0 aromatic carbocycles. The van der Waals surface area contributed by atoms with E-state index < -0.39 is 12.1 Å². The van der Waals surface area contributed by atoms with Crippen LogP contribution in [-0.4, -0.2) is 47.4 Å². The molecular formula is C51H97NO5. The Morgan fingerprint density at radius 3 is 1.25 bits per heavy atom. The third-order valence-corrected chi connectivity index (χ3v) is 11.5. The zero-order chi connectivity index (χ0) is 41.5. The van der Waals surface area contributed by atoms with E-state index in [-0.39, 0.29) is 18.5 Å². The Kier molecular flexibility index (Phi) is 45.7. The molecule has 0 aromatic heterocycles. The molecule has 2 unspecified atom stereocenters. The molecule has 0 aromatic rings. The van der Waals surface area contributed by atoms with Crippen molar-refractivity contribution >= 4 is 11.9 Å². The molecule has 2 atom stereocenters. The number of hydrogen-bond donors (Lipinski definition) is 3. The second-order valence-corrected chi connectivity index (χ2v) is 17.1. The number of aliphatic hydroxyl groups excluding tert-OH is 2. The van der Waals surface area contributed by atoms with Crippen LogP contribution in [0, 0.1) is 0 Å². The number of ether oxygens (including phenoxy) is 1. The van der Waals surface area contributed by atoms with Crippen LogP contribution >= 0.6 is 0 Å². The van der Waals surface area contributed by atoms with Gasteiger partial charge >= 0.3 is 5.97 Å². The average molecular weight is 804 g/mol. The maximum atomic E-state index is 12.4. The van der Waals surface area contributed by atoms with E-state index >= 15 is 0 Å². The third kappa shape index (κ3) is 43.7. The number of amides is 1. The summed E-state index contributed by atoms with van der Waals surface area (Å²) in [6.07, 6.45) is 54.5. The number of hydrogen-bond acceptors (Lipinski definition) is 5. The number of rotatable bonds is 46. The first kappa shape index (κ1) is 55.3. The van der Waals surface area contributed by atoms with Gasteiger partial charge in [0.05, 0.1) is 25.4 Å². The second kappa shape index (κ2) is 47.0. The molecule has 1 amide bonds. The largest absolute Gasteiger partial charge is 0.466 e. The first-order valence-corrected chi connectivity index (χ1v) is 25.1. The average Bonchev–Trinajstić information content (AvgIpc) is 3.21. The van der Waals surface area contributed by atoms with Crippen LogP contribution in [0.4, 0.5) is 0 Å². The number of allylic oxidation sites excluding steroid dienone is 3. The molecule has 6 nitrogen and oxygen atoms in total. The van der Waals surface area contributed by atoms with Crippen molar-refractivity contribution in [3.8, 4) is 0 Å². The first-order valence-electron chi connectivity index (χ1n) is 25.1. The van der Waals surface area contributed by atoms with E-state index in [1.54, 1.807) is 6.08 Å². The molecule has 0 spiro atoms. The molecule has 0 rings (SSSR count). The van der Waals surface area contributed by atoms with E-state index in [9.17, 15) is 19.8 Å². The molecule has 336 valence electrons. The molecule has 0 aliphatic rings. The minimum Gasteiger partial charge on any atom is -0.466 e. The van der Waals surface area contributed by atoms with Crippen LogP contribution in [0.2, 0.25) is 0 Å². The standard InChI is InChI=1S/C51H97NO5/c1-3-5-7-9-11-13-15-17-18-19-20-25-29-33-37-41-45-51(56)57-46-42-38-34-30-26-22-21-24-28-32-36-40-44-50(55)52-48(47-53)49(54)43-39-35-31-27-23-16-14-12-10-8-6-4-2/h18-19,39,43,48-49,53-54H,3-17,20-38,40-42,44-47H2,1-2H3,(H,52,55)/b19-18-,43-39+. The number of carbonyl (C=O) groups excluding carboxylic acids is 2. The highest BCUT2D eigenvalue weighted by atomic mass is 16.5. The minimum absolute atomic E-state index is 0.0187. The van der Waals surface area contributed by atoms with Crippen LogP contribution < -0.4 is 5.32 Å². The van der Waals surface area contributed by atoms with Crippen molar-refractivity contribution in [2.75, 3.05) is 13.2 Å². The van der Waals surface area contributed by atoms with Gasteiger partial charge in [-0.05, 0) is 57.8 Å². The lowest BCUT2D eigenvalue weighted by Crippen LogP contribution is -2.45. The number of unbranched alkanes of at least 4 members (excludes halogenated alkanes) is 33. The maximum absolute atomic E-state index is 12.4. The highest BCUT2D eigenvalue weighted by Crippen LogP contribution is 2.15. The fraction of sp³-hybridized carbons (Fsp3) is 0.882. The molecule has 0 saturated heterocycles. The maximum Gasteiger partial charge on any atom is 0.305 e. The monoisotopic (exact) mass is 804 g/mol. The van der Waals surface area contributed by atoms with E-state index in [4.69, 9.17) is 4.74 Å².